The van der Waals surface area contributed by atoms with Gasteiger partial charge in [0.05, 0.1) is 20.8 Å². The number of piperazine rings is 1. The zero-order chi connectivity index (χ0) is 20.1. The van der Waals surface area contributed by atoms with Crippen molar-refractivity contribution in [1.82, 2.24) is 14.8 Å². The molecule has 2 atom stereocenters. The van der Waals surface area contributed by atoms with Crippen LogP contribution in [-0.4, -0.2) is 96.7 Å². The Bertz CT molecular complexity index is 687. The first-order valence-electron chi connectivity index (χ1n) is 9.02. The summed E-state index contributed by atoms with van der Waals surface area (Å²) in [6.07, 6.45) is 1.76. The second-order valence-corrected chi connectivity index (χ2v) is 7.61. The summed E-state index contributed by atoms with van der Waals surface area (Å²) < 4.78 is 9.60. The van der Waals surface area contributed by atoms with Gasteiger partial charge in [0, 0.05) is 38.1 Å². The monoisotopic (exact) mass is 408 g/mol. The number of pyridine rings is 1. The number of rotatable bonds is 5. The molecular formula is C18H24N4O5S. The van der Waals surface area contributed by atoms with Gasteiger partial charge in [-0.25, -0.2) is 14.6 Å². The van der Waals surface area contributed by atoms with E-state index < -0.39 is 23.4 Å². The Morgan fingerprint density at radius 3 is 2.43 bits per heavy atom. The van der Waals surface area contributed by atoms with E-state index in [1.807, 2.05) is 23.1 Å². The summed E-state index contributed by atoms with van der Waals surface area (Å²) in [5.41, 5.74) is 0. The van der Waals surface area contributed by atoms with Crippen molar-refractivity contribution in [3.63, 3.8) is 0 Å². The molecule has 0 aromatic carbocycles. The third-order valence-corrected chi connectivity index (χ3v) is 6.11. The topological polar surface area (TPSA) is 92.3 Å². The van der Waals surface area contributed by atoms with Gasteiger partial charge in [-0.15, -0.1) is 11.8 Å². The van der Waals surface area contributed by atoms with Crippen LogP contribution >= 0.6 is 11.8 Å². The SMILES string of the molecule is COC(=O)[C@H]1SC[C@@H](C(=O)OC)N1C(=O)CN1CCN(c2ccccn2)CC1. The number of hydrogen-bond donors (Lipinski definition) is 0. The molecule has 3 rings (SSSR count). The molecule has 0 unspecified atom stereocenters. The highest BCUT2D eigenvalue weighted by Crippen LogP contribution is 2.31. The molecule has 1 aromatic heterocycles. The lowest BCUT2D eigenvalue weighted by molar-refractivity contribution is -0.157. The molecule has 0 bridgehead atoms. The Hall–Kier alpha value is -2.33. The van der Waals surface area contributed by atoms with Crippen LogP contribution in [0.4, 0.5) is 5.82 Å². The molecule has 9 nitrogen and oxygen atoms in total. The Balaban J connectivity index is 1.62. The van der Waals surface area contributed by atoms with E-state index in [1.165, 1.54) is 30.9 Å². The van der Waals surface area contributed by atoms with E-state index in [9.17, 15) is 14.4 Å². The van der Waals surface area contributed by atoms with Crippen LogP contribution in [0.1, 0.15) is 0 Å². The predicted octanol–water partition coefficient (Wildman–Crippen LogP) is -0.180. The number of thioether (sulfide) groups is 1. The Morgan fingerprint density at radius 1 is 1.11 bits per heavy atom. The van der Waals surface area contributed by atoms with Gasteiger partial charge < -0.3 is 19.3 Å². The van der Waals surface area contributed by atoms with Gasteiger partial charge in [0.1, 0.15) is 11.9 Å². The van der Waals surface area contributed by atoms with Crippen molar-refractivity contribution in [1.29, 1.82) is 0 Å². The number of amides is 1. The Labute approximate surface area is 167 Å². The average molecular weight is 408 g/mol. The van der Waals surface area contributed by atoms with Crippen molar-refractivity contribution >= 4 is 35.4 Å². The molecule has 0 saturated carbocycles. The summed E-state index contributed by atoms with van der Waals surface area (Å²) in [6, 6.07) is 5.01. The van der Waals surface area contributed by atoms with Crippen LogP contribution in [0.25, 0.3) is 0 Å². The van der Waals surface area contributed by atoms with Crippen LogP contribution in [0.2, 0.25) is 0 Å². The van der Waals surface area contributed by atoms with Gasteiger partial charge in [0.2, 0.25) is 5.91 Å². The first-order chi connectivity index (χ1) is 13.5. The summed E-state index contributed by atoms with van der Waals surface area (Å²) in [6.45, 7) is 3.02. The van der Waals surface area contributed by atoms with E-state index in [2.05, 4.69) is 9.88 Å². The van der Waals surface area contributed by atoms with Gasteiger partial charge in [-0.1, -0.05) is 6.07 Å². The van der Waals surface area contributed by atoms with E-state index in [-0.39, 0.29) is 12.5 Å². The quantitative estimate of drug-likeness (QED) is 0.615. The third kappa shape index (κ3) is 4.39. The smallest absolute Gasteiger partial charge is 0.339 e. The summed E-state index contributed by atoms with van der Waals surface area (Å²) in [4.78, 5) is 46.9. The Morgan fingerprint density at radius 2 is 1.82 bits per heavy atom. The summed E-state index contributed by atoms with van der Waals surface area (Å²) in [7, 11) is 2.55. The highest BCUT2D eigenvalue weighted by molar-refractivity contribution is 8.00. The molecule has 1 amide bonds. The average Bonchev–Trinajstić information content (AvgIpc) is 3.19. The molecule has 3 heterocycles. The molecule has 28 heavy (non-hydrogen) atoms. The van der Waals surface area contributed by atoms with Crippen molar-refractivity contribution in [2.75, 3.05) is 57.6 Å². The maximum absolute atomic E-state index is 13.0. The second-order valence-electron chi connectivity index (χ2n) is 6.50. The van der Waals surface area contributed by atoms with Crippen LogP contribution in [0.15, 0.2) is 24.4 Å². The van der Waals surface area contributed by atoms with Crippen LogP contribution in [0.5, 0.6) is 0 Å². The zero-order valence-corrected chi connectivity index (χ0v) is 16.8. The number of carbonyl (C=O) groups is 3. The van der Waals surface area contributed by atoms with E-state index in [0.29, 0.717) is 18.8 Å². The molecule has 0 radical (unpaired) electrons. The molecule has 2 fully saturated rings. The molecule has 152 valence electrons. The lowest BCUT2D eigenvalue weighted by Crippen LogP contribution is -2.54. The largest absolute Gasteiger partial charge is 0.467 e. The van der Waals surface area contributed by atoms with Gasteiger partial charge in [0.25, 0.3) is 0 Å². The van der Waals surface area contributed by atoms with Crippen molar-refractivity contribution in [3.8, 4) is 0 Å². The maximum Gasteiger partial charge on any atom is 0.339 e. The second kappa shape index (κ2) is 9.24. The fourth-order valence-corrected chi connectivity index (χ4v) is 4.68. The fourth-order valence-electron chi connectivity index (χ4n) is 3.36. The van der Waals surface area contributed by atoms with Crippen LogP contribution in [0.3, 0.4) is 0 Å². The molecule has 0 spiro atoms. The van der Waals surface area contributed by atoms with E-state index in [0.717, 1.165) is 18.9 Å². The lowest BCUT2D eigenvalue weighted by atomic mass is 10.2. The minimum absolute atomic E-state index is 0.137. The third-order valence-electron chi connectivity index (χ3n) is 4.87. The number of nitrogens with zero attached hydrogens (tertiary/aromatic N) is 4. The number of aromatic nitrogens is 1. The minimum atomic E-state index is -0.823. The molecule has 2 aliphatic rings. The summed E-state index contributed by atoms with van der Waals surface area (Å²) in [5, 5.41) is -0.823. The summed E-state index contributed by atoms with van der Waals surface area (Å²) >= 11 is 1.22. The standard InChI is InChI=1S/C18H24N4O5S/c1-26-17(24)13-12-28-16(18(25)27-2)22(13)15(23)11-20-7-9-21(10-8-20)14-5-3-4-6-19-14/h3-6,13,16H,7-12H2,1-2H3/t13-,16+/m0/s1. The number of ether oxygens (including phenoxy) is 2. The number of anilines is 1. The van der Waals surface area contributed by atoms with Gasteiger partial charge in [-0.2, -0.15) is 0 Å². The molecule has 0 N–H and O–H groups in total. The molecule has 2 aliphatic heterocycles. The fraction of sp³-hybridized carbons (Fsp3) is 0.556. The molecule has 0 aliphatic carbocycles. The van der Waals surface area contributed by atoms with Gasteiger partial charge in [0.15, 0.2) is 5.37 Å². The van der Waals surface area contributed by atoms with Crippen molar-refractivity contribution in [2.24, 2.45) is 0 Å². The lowest BCUT2D eigenvalue weighted by Gasteiger charge is -2.36. The molecule has 10 heteroatoms. The van der Waals surface area contributed by atoms with Crippen LogP contribution in [-0.2, 0) is 23.9 Å². The van der Waals surface area contributed by atoms with Crippen molar-refractivity contribution in [3.05, 3.63) is 24.4 Å². The first kappa shape index (κ1) is 20.4. The highest BCUT2D eigenvalue weighted by Gasteiger charge is 2.46. The normalized spacial score (nSPS) is 22.8. The van der Waals surface area contributed by atoms with Crippen LogP contribution < -0.4 is 4.90 Å². The number of hydrogen-bond acceptors (Lipinski definition) is 9. The highest BCUT2D eigenvalue weighted by atomic mass is 32.2. The molecular weight excluding hydrogens is 384 g/mol. The number of methoxy groups -OCH3 is 2. The number of esters is 2. The van der Waals surface area contributed by atoms with E-state index >= 15 is 0 Å². The molecule has 2 saturated heterocycles. The minimum Gasteiger partial charge on any atom is -0.467 e. The summed E-state index contributed by atoms with van der Waals surface area (Å²) in [5.74, 6) is -0.106. The molecule has 1 aromatic rings. The first-order valence-corrected chi connectivity index (χ1v) is 10.1. The van der Waals surface area contributed by atoms with Gasteiger partial charge >= 0.3 is 11.9 Å². The van der Waals surface area contributed by atoms with Gasteiger partial charge in [-0.3, -0.25) is 9.69 Å². The predicted molar refractivity (Wildman–Crippen MR) is 104 cm³/mol. The van der Waals surface area contributed by atoms with Gasteiger partial charge in [-0.05, 0) is 12.1 Å². The van der Waals surface area contributed by atoms with Crippen molar-refractivity contribution < 1.29 is 23.9 Å². The Kier molecular flexibility index (Phi) is 6.74. The van der Waals surface area contributed by atoms with E-state index in [1.54, 1.807) is 6.20 Å². The van der Waals surface area contributed by atoms with E-state index in [4.69, 9.17) is 9.47 Å². The zero-order valence-electron chi connectivity index (χ0n) is 15.9. The number of carbonyl (C=O) groups excluding carboxylic acids is 3. The van der Waals surface area contributed by atoms with Crippen molar-refractivity contribution in [2.45, 2.75) is 11.4 Å². The van der Waals surface area contributed by atoms with Crippen LogP contribution in [0, 0.1) is 0 Å². The maximum atomic E-state index is 13.0.